The number of nitrogens with zero attached hydrogens (tertiary/aromatic N) is 6. The largest absolute Gasteiger partial charge is 0.381 e. The Labute approximate surface area is 276 Å². The third-order valence-electron chi connectivity index (χ3n) is 9.29. The maximum atomic E-state index is 13.2. The first kappa shape index (κ1) is 32.8. The molecule has 0 bridgehead atoms. The number of ether oxygens (including phenoxy) is 2. The zero-order valence-electron chi connectivity index (χ0n) is 27.8. The fourth-order valence-electron chi connectivity index (χ4n) is 6.42. The summed E-state index contributed by atoms with van der Waals surface area (Å²) in [5.74, 6) is 2.31. The van der Waals surface area contributed by atoms with Crippen molar-refractivity contribution < 1.29 is 19.1 Å². The number of hydrogen-bond donors (Lipinski definition) is 2. The van der Waals surface area contributed by atoms with Crippen molar-refractivity contribution in [1.29, 1.82) is 0 Å². The highest BCUT2D eigenvalue weighted by Gasteiger charge is 2.29. The van der Waals surface area contributed by atoms with Crippen LogP contribution in [0.2, 0.25) is 0 Å². The molecule has 3 fully saturated rings. The first-order chi connectivity index (χ1) is 22.7. The van der Waals surface area contributed by atoms with E-state index >= 15 is 0 Å². The SMILES string of the molecule is CC(C)N1CCN(C(=O)c2ccc(NC(=O)Nc3ccc(-c4nc(C5CCOCC5)nc(N5CCOCC5C)n4)cc3)cc2)C(C)C1. The van der Waals surface area contributed by atoms with Crippen molar-refractivity contribution >= 4 is 29.3 Å². The van der Waals surface area contributed by atoms with Crippen molar-refractivity contribution in [2.75, 3.05) is 68.1 Å². The van der Waals surface area contributed by atoms with Crippen molar-refractivity contribution in [3.8, 4) is 11.4 Å². The minimum absolute atomic E-state index is 0.0154. The Morgan fingerprint density at radius 1 is 0.809 bits per heavy atom. The molecule has 12 heteroatoms. The number of amides is 3. The molecule has 3 saturated heterocycles. The van der Waals surface area contributed by atoms with Gasteiger partial charge >= 0.3 is 6.03 Å². The summed E-state index contributed by atoms with van der Waals surface area (Å²) in [5.41, 5.74) is 2.69. The molecule has 3 aliphatic rings. The fourth-order valence-corrected chi connectivity index (χ4v) is 6.42. The van der Waals surface area contributed by atoms with E-state index in [0.29, 0.717) is 67.7 Å². The second-order valence-corrected chi connectivity index (χ2v) is 13.0. The molecule has 2 N–H and O–H groups in total. The molecule has 0 spiro atoms. The van der Waals surface area contributed by atoms with Crippen molar-refractivity contribution in [3.05, 3.63) is 59.9 Å². The summed E-state index contributed by atoms with van der Waals surface area (Å²) in [6, 6.07) is 14.9. The van der Waals surface area contributed by atoms with E-state index in [0.717, 1.165) is 43.9 Å². The number of morpholine rings is 1. The summed E-state index contributed by atoms with van der Waals surface area (Å²) in [6.07, 6.45) is 1.76. The van der Waals surface area contributed by atoms with Crippen molar-refractivity contribution in [2.24, 2.45) is 0 Å². The van der Waals surface area contributed by atoms with Crippen LogP contribution in [-0.4, -0.2) is 107 Å². The van der Waals surface area contributed by atoms with Crippen LogP contribution in [0.1, 0.15) is 62.6 Å². The minimum Gasteiger partial charge on any atom is -0.381 e. The Bertz CT molecular complexity index is 1530. The van der Waals surface area contributed by atoms with Crippen molar-refractivity contribution in [2.45, 2.75) is 64.6 Å². The topological polar surface area (TPSA) is 125 Å². The van der Waals surface area contributed by atoms with Crippen molar-refractivity contribution in [3.63, 3.8) is 0 Å². The van der Waals surface area contributed by atoms with Crippen LogP contribution in [0.15, 0.2) is 48.5 Å². The highest BCUT2D eigenvalue weighted by molar-refractivity contribution is 6.00. The van der Waals surface area contributed by atoms with Gasteiger partial charge in [-0.05, 0) is 89.1 Å². The van der Waals surface area contributed by atoms with Crippen LogP contribution in [0.5, 0.6) is 0 Å². The van der Waals surface area contributed by atoms with E-state index < -0.39 is 0 Å². The average molecular weight is 643 g/mol. The summed E-state index contributed by atoms with van der Waals surface area (Å²) in [5, 5.41) is 5.75. The second-order valence-electron chi connectivity index (χ2n) is 13.0. The molecule has 4 heterocycles. The number of aromatic nitrogens is 3. The smallest absolute Gasteiger partial charge is 0.323 e. The molecule has 12 nitrogen and oxygen atoms in total. The third kappa shape index (κ3) is 7.89. The summed E-state index contributed by atoms with van der Waals surface area (Å²) in [7, 11) is 0. The Hall–Kier alpha value is -4.13. The zero-order valence-corrected chi connectivity index (χ0v) is 27.8. The van der Waals surface area contributed by atoms with E-state index in [-0.39, 0.29) is 29.9 Å². The molecule has 3 aliphatic heterocycles. The number of benzene rings is 2. The monoisotopic (exact) mass is 642 g/mol. The van der Waals surface area contributed by atoms with Gasteiger partial charge in [0.05, 0.1) is 19.3 Å². The summed E-state index contributed by atoms with van der Waals surface area (Å²) in [4.78, 5) is 47.2. The lowest BCUT2D eigenvalue weighted by atomic mass is 9.99. The normalized spacial score (nSPS) is 21.1. The van der Waals surface area contributed by atoms with Gasteiger partial charge in [-0.3, -0.25) is 9.69 Å². The predicted molar refractivity (Wildman–Crippen MR) is 182 cm³/mol. The van der Waals surface area contributed by atoms with Crippen LogP contribution in [0.3, 0.4) is 0 Å². The molecule has 3 aromatic rings. The van der Waals surface area contributed by atoms with E-state index in [9.17, 15) is 9.59 Å². The predicted octanol–water partition coefficient (Wildman–Crippen LogP) is 4.86. The van der Waals surface area contributed by atoms with E-state index in [1.54, 1.807) is 24.3 Å². The minimum atomic E-state index is -0.374. The van der Waals surface area contributed by atoms with E-state index in [1.807, 2.05) is 29.2 Å². The summed E-state index contributed by atoms with van der Waals surface area (Å²) < 4.78 is 11.2. The van der Waals surface area contributed by atoms with Crippen molar-refractivity contribution in [1.82, 2.24) is 24.8 Å². The van der Waals surface area contributed by atoms with E-state index in [1.165, 1.54) is 0 Å². The molecule has 3 amide bonds. The first-order valence-electron chi connectivity index (χ1n) is 16.8. The molecule has 250 valence electrons. The Kier molecular flexibility index (Phi) is 10.3. The lowest BCUT2D eigenvalue weighted by Crippen LogP contribution is -2.55. The van der Waals surface area contributed by atoms with Gasteiger partial charge < -0.3 is 29.9 Å². The van der Waals surface area contributed by atoms with Crippen LogP contribution >= 0.6 is 0 Å². The van der Waals surface area contributed by atoms with Gasteiger partial charge in [0.15, 0.2) is 5.82 Å². The number of carbonyl (C=O) groups is 2. The van der Waals surface area contributed by atoms with Gasteiger partial charge in [0.1, 0.15) is 5.82 Å². The molecular formula is C35H46N8O4. The Morgan fingerprint density at radius 2 is 1.49 bits per heavy atom. The van der Waals surface area contributed by atoms with Crippen LogP contribution in [0.25, 0.3) is 11.4 Å². The molecule has 47 heavy (non-hydrogen) atoms. The molecule has 0 aliphatic carbocycles. The average Bonchev–Trinajstić information content (AvgIpc) is 3.09. The van der Waals surface area contributed by atoms with Crippen LogP contribution in [0, 0.1) is 0 Å². The number of rotatable bonds is 7. The molecule has 2 unspecified atom stereocenters. The van der Waals surface area contributed by atoms with Gasteiger partial charge in [0.2, 0.25) is 5.95 Å². The second kappa shape index (κ2) is 14.7. The number of carbonyl (C=O) groups excluding carboxylic acids is 2. The first-order valence-corrected chi connectivity index (χ1v) is 16.8. The number of piperazine rings is 1. The van der Waals surface area contributed by atoms with Gasteiger partial charge in [0, 0.05) is 79.9 Å². The highest BCUT2D eigenvalue weighted by atomic mass is 16.5. The molecule has 0 saturated carbocycles. The van der Waals surface area contributed by atoms with E-state index in [4.69, 9.17) is 24.4 Å². The van der Waals surface area contributed by atoms with Gasteiger partial charge in [-0.2, -0.15) is 9.97 Å². The lowest BCUT2D eigenvalue weighted by Gasteiger charge is -2.41. The van der Waals surface area contributed by atoms with Crippen LogP contribution in [0.4, 0.5) is 22.1 Å². The van der Waals surface area contributed by atoms with Gasteiger partial charge in [0.25, 0.3) is 5.91 Å². The molecular weight excluding hydrogens is 596 g/mol. The molecule has 1 aromatic heterocycles. The Balaban J connectivity index is 1.09. The fraction of sp³-hybridized carbons (Fsp3) is 0.514. The summed E-state index contributed by atoms with van der Waals surface area (Å²) >= 11 is 0. The lowest BCUT2D eigenvalue weighted by molar-refractivity contribution is 0.0426. The number of nitrogens with one attached hydrogen (secondary N) is 2. The molecule has 6 rings (SSSR count). The Morgan fingerprint density at radius 3 is 2.13 bits per heavy atom. The van der Waals surface area contributed by atoms with Crippen LogP contribution in [-0.2, 0) is 9.47 Å². The number of hydrogen-bond acceptors (Lipinski definition) is 9. The molecule has 0 radical (unpaired) electrons. The molecule has 2 atom stereocenters. The summed E-state index contributed by atoms with van der Waals surface area (Å²) in [6.45, 7) is 14.4. The van der Waals surface area contributed by atoms with Gasteiger partial charge in [-0.25, -0.2) is 9.78 Å². The molecule has 2 aromatic carbocycles. The number of anilines is 3. The zero-order chi connectivity index (χ0) is 32.9. The maximum Gasteiger partial charge on any atom is 0.323 e. The highest BCUT2D eigenvalue weighted by Crippen LogP contribution is 2.29. The number of urea groups is 1. The maximum absolute atomic E-state index is 13.2. The standard InChI is InChI=1S/C35H46N8O4/c1-23(2)41-15-16-42(24(3)21-41)33(44)28-7-11-30(12-8-28)37-35(45)36-29-9-5-26(6-10-29)31-38-32(27-13-18-46-19-14-27)40-34(39-31)43-17-20-47-22-25(43)4/h5-12,23-25,27H,13-22H2,1-4H3,(H2,36,37,45). The quantitative estimate of drug-likeness (QED) is 0.372. The van der Waals surface area contributed by atoms with Crippen LogP contribution < -0.4 is 15.5 Å². The van der Waals surface area contributed by atoms with Gasteiger partial charge in [-0.1, -0.05) is 0 Å². The third-order valence-corrected chi connectivity index (χ3v) is 9.29. The van der Waals surface area contributed by atoms with Gasteiger partial charge in [-0.15, -0.1) is 0 Å². The van der Waals surface area contributed by atoms with E-state index in [2.05, 4.69) is 48.1 Å².